The average Bonchev–Trinajstić information content (AvgIpc) is 0.724. The number of nitrogens with one attached hydrogen (secondary N) is 8. The van der Waals surface area contributed by atoms with Crippen molar-refractivity contribution in [3.05, 3.63) is 222 Å². The lowest BCUT2D eigenvalue weighted by molar-refractivity contribution is -0.156. The second-order valence-electron chi connectivity index (χ2n) is 26.1. The number of hydrogen-bond donors (Lipinski definition) is 9. The molecule has 8 rings (SSSR count). The molecule has 536 valence electrons. The molecule has 23 heteroatoms. The molecule has 0 spiro atoms. The molecule has 0 saturated carbocycles. The number of Topliss-reactive ketones (excluding diaryl/α,β-unsaturated/α-hetero) is 1. The first-order valence-electron chi connectivity index (χ1n) is 34.0. The largest absolute Gasteiger partial charge is 0.497 e. The third-order valence-corrected chi connectivity index (χ3v) is 21.7. The number of aliphatic hydroxyl groups excluding tert-OH is 1. The third-order valence-electron chi connectivity index (χ3n) is 17.4. The van der Waals surface area contributed by atoms with E-state index in [2.05, 4.69) is 42.5 Å². The number of amides is 8. The number of carbonyl (C=O) groups excluding carboxylic acids is 10. The SMILES string of the molecule is COc1ccc(C(NC(=O)CC2NC(=O)[C@H](CC(C)C)NC(=O)C(=P(c3ccccc3)(c3ccccc3)c3ccccc3)C(=O)[C@H](CC(C)C)NC(=O)[C@@H](NC(=O)[C@@H](NC(=O)[C@H](Cc3ccccc3)NC(=O)Cc3ccccc3)[C@@H](C)O)[C@@H](C)OC(=O)[C@@H](C)NC2=O)c2ccc(OC)cc2)cc1. The lowest BCUT2D eigenvalue weighted by atomic mass is 9.96. The number of cyclic esters (lactones) is 1. The van der Waals surface area contributed by atoms with Crippen molar-refractivity contribution in [2.75, 3.05) is 14.2 Å². The Labute approximate surface area is 595 Å². The van der Waals surface area contributed by atoms with Gasteiger partial charge in [0.2, 0.25) is 41.4 Å². The maximum Gasteiger partial charge on any atom is 0.328 e. The van der Waals surface area contributed by atoms with Gasteiger partial charge in [-0.05, 0) is 115 Å². The lowest BCUT2D eigenvalue weighted by Crippen LogP contribution is -2.63. The summed E-state index contributed by atoms with van der Waals surface area (Å²) in [5.74, 6) is -9.19. The maximum atomic E-state index is 16.8. The van der Waals surface area contributed by atoms with Crippen molar-refractivity contribution in [1.82, 2.24) is 42.5 Å². The van der Waals surface area contributed by atoms with Crippen molar-refractivity contribution in [2.45, 2.75) is 141 Å². The molecular weight excluding hydrogens is 1320 g/mol. The second-order valence-corrected chi connectivity index (χ2v) is 29.4. The van der Waals surface area contributed by atoms with Crippen LogP contribution in [-0.4, -0.2) is 138 Å². The number of esters is 1. The van der Waals surface area contributed by atoms with Gasteiger partial charge in [-0.2, -0.15) is 0 Å². The first kappa shape index (κ1) is 77.0. The minimum Gasteiger partial charge on any atom is -0.497 e. The second kappa shape index (κ2) is 36.6. The van der Waals surface area contributed by atoms with Crippen molar-refractivity contribution in [3.8, 4) is 11.5 Å². The van der Waals surface area contributed by atoms with Crippen LogP contribution in [0.1, 0.15) is 96.0 Å². The van der Waals surface area contributed by atoms with E-state index in [-0.39, 0.29) is 36.9 Å². The summed E-state index contributed by atoms with van der Waals surface area (Å²) in [5.41, 5.74) is 2.52. The summed E-state index contributed by atoms with van der Waals surface area (Å²) in [5, 5.41) is 34.7. The van der Waals surface area contributed by atoms with Gasteiger partial charge in [-0.3, -0.25) is 43.2 Å². The van der Waals surface area contributed by atoms with Crippen LogP contribution in [0.4, 0.5) is 0 Å². The summed E-state index contributed by atoms with van der Waals surface area (Å²) in [4.78, 5) is 152. The monoisotopic (exact) mass is 1410 g/mol. The van der Waals surface area contributed by atoms with Crippen LogP contribution in [0.15, 0.2) is 200 Å². The molecule has 7 aromatic carbocycles. The fourth-order valence-electron chi connectivity index (χ4n) is 12.2. The molecule has 0 aliphatic carbocycles. The van der Waals surface area contributed by atoms with E-state index in [0.717, 1.165) is 0 Å². The molecule has 1 fully saturated rings. The number of benzene rings is 7. The minimum absolute atomic E-state index is 0.0485. The predicted octanol–water partition coefficient (Wildman–Crippen LogP) is 5.35. The first-order chi connectivity index (χ1) is 48.9. The highest BCUT2D eigenvalue weighted by Gasteiger charge is 2.44. The summed E-state index contributed by atoms with van der Waals surface area (Å²) in [7, 11) is 3.03. The van der Waals surface area contributed by atoms with Gasteiger partial charge in [0.05, 0.1) is 50.5 Å². The molecule has 0 bridgehead atoms. The summed E-state index contributed by atoms with van der Waals surface area (Å²) in [6.07, 6.45) is -4.52. The Bertz CT molecular complexity index is 3940. The molecule has 9 atom stereocenters. The Morgan fingerprint density at radius 2 is 0.961 bits per heavy atom. The van der Waals surface area contributed by atoms with Crippen LogP contribution in [0.5, 0.6) is 11.5 Å². The van der Waals surface area contributed by atoms with E-state index in [1.165, 1.54) is 35.0 Å². The molecule has 1 aliphatic heterocycles. The molecule has 1 unspecified atom stereocenters. The number of ketones is 1. The van der Waals surface area contributed by atoms with Crippen molar-refractivity contribution in [3.63, 3.8) is 0 Å². The maximum absolute atomic E-state index is 16.8. The number of carbonyl (C=O) groups is 10. The summed E-state index contributed by atoms with van der Waals surface area (Å²) < 4.78 is 16.8. The Morgan fingerprint density at radius 3 is 1.43 bits per heavy atom. The van der Waals surface area contributed by atoms with Gasteiger partial charge >= 0.3 is 5.97 Å². The standard InChI is InChI=1S/C79H91N8O14P/c1-48(2)43-62-71(91)72(102(59-29-19-12-20-30-59,60-31-21-13-22-32-60)61-33-23-14-24-34-61)78(97)84-63(44-49(3)4)74(93)83-65(47-67(90)85-70(55-35-39-57(99-8)40-36-55)56-37-41-58(100-9)42-38-56)73(92)80-50(5)79(98)101-52(7)69(77(96)82-62)87-76(95)68(51(6)88)86-75(94)64(45-53-25-15-10-16-26-53)81-66(89)46-54-27-17-11-18-28-54/h10-42,48-52,62-65,68-70,88H,43-47H2,1-9H3,(H,80,92)(H,81,89)(H,82,96)(H,83,93)(H,84,97)(H,85,90)(H,86,94)(H,87,95)/t50-,51-,52-,62+,63+,64+,65?,68+,69+/m1/s1. The third kappa shape index (κ3) is 20.3. The summed E-state index contributed by atoms with van der Waals surface area (Å²) in [6, 6.07) is 45.6. The van der Waals surface area contributed by atoms with Crippen molar-refractivity contribution in [1.29, 1.82) is 0 Å². The molecule has 1 aliphatic rings. The van der Waals surface area contributed by atoms with E-state index in [9.17, 15) is 24.3 Å². The van der Waals surface area contributed by atoms with Crippen LogP contribution in [0.25, 0.3) is 0 Å². The number of aliphatic hydroxyl groups is 1. The quantitative estimate of drug-likeness (QED) is 0.0272. The van der Waals surface area contributed by atoms with Gasteiger partial charge in [0.15, 0.2) is 5.78 Å². The van der Waals surface area contributed by atoms with E-state index < -0.39 is 139 Å². The van der Waals surface area contributed by atoms with Gasteiger partial charge < -0.3 is 61.9 Å². The zero-order valence-corrected chi connectivity index (χ0v) is 59.6. The Balaban J connectivity index is 1.27. The molecule has 9 N–H and O–H groups in total. The zero-order valence-electron chi connectivity index (χ0n) is 58.7. The molecule has 1 heterocycles. The van der Waals surface area contributed by atoms with Gasteiger partial charge in [-0.1, -0.05) is 204 Å². The Morgan fingerprint density at radius 1 is 0.510 bits per heavy atom. The van der Waals surface area contributed by atoms with E-state index in [1.54, 1.807) is 228 Å². The lowest BCUT2D eigenvalue weighted by Gasteiger charge is -2.35. The Kier molecular flexibility index (Phi) is 27.6. The minimum atomic E-state index is -3.84. The number of methoxy groups -OCH3 is 2. The molecular formula is C79H91N8O14P. The topological polar surface area (TPSA) is 315 Å². The molecule has 7 aromatic rings. The van der Waals surface area contributed by atoms with Gasteiger partial charge in [0.25, 0.3) is 5.91 Å². The smallest absolute Gasteiger partial charge is 0.328 e. The highest BCUT2D eigenvalue weighted by Crippen LogP contribution is 2.47. The zero-order chi connectivity index (χ0) is 73.6. The summed E-state index contributed by atoms with van der Waals surface area (Å²) >= 11 is 0. The van der Waals surface area contributed by atoms with Gasteiger partial charge in [-0.25, -0.2) is 4.79 Å². The van der Waals surface area contributed by atoms with Crippen LogP contribution >= 0.6 is 6.89 Å². The van der Waals surface area contributed by atoms with Crippen molar-refractivity contribution in [2.24, 2.45) is 11.8 Å². The predicted molar refractivity (Wildman–Crippen MR) is 391 cm³/mol. The van der Waals surface area contributed by atoms with E-state index >= 15 is 28.8 Å². The van der Waals surface area contributed by atoms with Gasteiger partial charge in [0.1, 0.15) is 53.9 Å². The van der Waals surface area contributed by atoms with Crippen LogP contribution in [0.2, 0.25) is 0 Å². The van der Waals surface area contributed by atoms with Crippen molar-refractivity contribution < 1.29 is 67.3 Å². The van der Waals surface area contributed by atoms with E-state index in [1.807, 2.05) is 0 Å². The fourth-order valence-corrected chi connectivity index (χ4v) is 16.6. The normalized spacial score (nSPS) is 18.9. The van der Waals surface area contributed by atoms with Gasteiger partial charge in [-0.15, -0.1) is 0 Å². The summed E-state index contributed by atoms with van der Waals surface area (Å²) in [6.45, 7) is 7.08. The Hall–Kier alpha value is -10.7. The molecule has 0 radical (unpaired) electrons. The number of rotatable bonds is 24. The molecule has 8 amide bonds. The fraction of sp³-hybridized carbons (Fsp3) is 0.329. The van der Waals surface area contributed by atoms with E-state index in [4.69, 9.17) is 14.2 Å². The van der Waals surface area contributed by atoms with Crippen LogP contribution < -0.4 is 67.9 Å². The average molecular weight is 1410 g/mol. The molecule has 22 nitrogen and oxygen atoms in total. The van der Waals surface area contributed by atoms with Gasteiger partial charge in [0, 0.05) is 6.42 Å². The number of hydrogen-bond acceptors (Lipinski definition) is 14. The van der Waals surface area contributed by atoms with Crippen LogP contribution in [0.3, 0.4) is 0 Å². The molecule has 102 heavy (non-hydrogen) atoms. The highest BCUT2D eigenvalue weighted by atomic mass is 31.2. The first-order valence-corrected chi connectivity index (χ1v) is 35.8. The van der Waals surface area contributed by atoms with Crippen molar-refractivity contribution >= 4 is 87.1 Å². The molecule has 0 aromatic heterocycles. The van der Waals surface area contributed by atoms with Crippen LogP contribution in [-0.2, 0) is 65.5 Å². The molecule has 1 saturated heterocycles. The highest BCUT2D eigenvalue weighted by molar-refractivity contribution is 7.97. The number of ether oxygens (including phenoxy) is 3. The van der Waals surface area contributed by atoms with E-state index in [0.29, 0.717) is 49.7 Å². The van der Waals surface area contributed by atoms with Crippen LogP contribution in [0, 0.1) is 11.8 Å².